The average molecular weight is 254 g/mol. The number of amides is 1. The molecule has 0 aliphatic rings. The Morgan fingerprint density at radius 2 is 2.38 bits per heavy atom. The Labute approximate surface area is 101 Å². The number of aromatic nitrogens is 2. The fraction of sp³-hybridized carbons (Fsp3) is 0.100. The Bertz CT molecular complexity index is 487. The summed E-state index contributed by atoms with van der Waals surface area (Å²) >= 11 is 7.23. The van der Waals surface area contributed by atoms with Crippen molar-refractivity contribution in [3.63, 3.8) is 0 Å². The second-order valence-electron chi connectivity index (χ2n) is 3.04. The van der Waals surface area contributed by atoms with Crippen molar-refractivity contribution < 1.29 is 4.79 Å². The summed E-state index contributed by atoms with van der Waals surface area (Å²) < 4.78 is 0. The second-order valence-corrected chi connectivity index (χ2v) is 4.21. The Hall–Kier alpha value is -1.46. The van der Waals surface area contributed by atoms with Crippen LogP contribution in [-0.2, 0) is 6.54 Å². The highest BCUT2D eigenvalue weighted by Gasteiger charge is 2.07. The van der Waals surface area contributed by atoms with Gasteiger partial charge >= 0.3 is 0 Å². The van der Waals surface area contributed by atoms with Crippen molar-refractivity contribution >= 4 is 28.8 Å². The van der Waals surface area contributed by atoms with Crippen LogP contribution in [0.3, 0.4) is 0 Å². The van der Waals surface area contributed by atoms with Gasteiger partial charge < -0.3 is 5.32 Å². The zero-order valence-electron chi connectivity index (χ0n) is 8.18. The molecule has 0 bridgehead atoms. The molecule has 1 N–H and O–H groups in total. The predicted octanol–water partition coefficient (Wildman–Crippen LogP) is 2.12. The van der Waals surface area contributed by atoms with E-state index in [-0.39, 0.29) is 16.8 Å². The predicted molar refractivity (Wildman–Crippen MR) is 62.5 cm³/mol. The number of thiophene rings is 1. The summed E-state index contributed by atoms with van der Waals surface area (Å²) in [6, 6.07) is 1.95. The minimum atomic E-state index is -0.277. The van der Waals surface area contributed by atoms with Crippen LogP contribution < -0.4 is 5.32 Å². The molecule has 2 rings (SSSR count). The number of rotatable bonds is 3. The Kier molecular flexibility index (Phi) is 3.48. The van der Waals surface area contributed by atoms with E-state index < -0.39 is 0 Å². The third-order valence-electron chi connectivity index (χ3n) is 1.87. The molecule has 0 saturated carbocycles. The van der Waals surface area contributed by atoms with Crippen LogP contribution in [-0.4, -0.2) is 15.9 Å². The molecule has 0 fully saturated rings. The first kappa shape index (κ1) is 11.0. The fourth-order valence-electron chi connectivity index (χ4n) is 1.12. The van der Waals surface area contributed by atoms with E-state index in [9.17, 15) is 4.79 Å². The summed E-state index contributed by atoms with van der Waals surface area (Å²) in [7, 11) is 0. The van der Waals surface area contributed by atoms with Crippen LogP contribution in [0.2, 0.25) is 5.15 Å². The highest BCUT2D eigenvalue weighted by molar-refractivity contribution is 7.07. The first-order chi connectivity index (χ1) is 7.75. The third-order valence-corrected chi connectivity index (χ3v) is 2.79. The monoisotopic (exact) mass is 253 g/mol. The van der Waals surface area contributed by atoms with Crippen LogP contribution in [0.15, 0.2) is 29.2 Å². The molecule has 4 nitrogen and oxygen atoms in total. The summed E-state index contributed by atoms with van der Waals surface area (Å²) in [6.45, 7) is 0.483. The van der Waals surface area contributed by atoms with Gasteiger partial charge in [0.1, 0.15) is 10.8 Å². The summed E-state index contributed by atoms with van der Waals surface area (Å²) in [5.41, 5.74) is 1.29. The van der Waals surface area contributed by atoms with Crippen LogP contribution >= 0.6 is 22.9 Å². The van der Waals surface area contributed by atoms with Crippen LogP contribution in [0, 0.1) is 0 Å². The molecule has 1 amide bonds. The molecule has 0 aliphatic carbocycles. The maximum atomic E-state index is 11.6. The van der Waals surface area contributed by atoms with Crippen molar-refractivity contribution in [3.8, 4) is 0 Å². The van der Waals surface area contributed by atoms with Gasteiger partial charge in [0, 0.05) is 6.54 Å². The second kappa shape index (κ2) is 5.05. The topological polar surface area (TPSA) is 54.9 Å². The van der Waals surface area contributed by atoms with Crippen molar-refractivity contribution in [1.29, 1.82) is 0 Å². The lowest BCUT2D eigenvalue weighted by molar-refractivity contribution is 0.0945. The number of halogens is 1. The maximum absolute atomic E-state index is 11.6. The van der Waals surface area contributed by atoms with E-state index in [0.29, 0.717) is 6.54 Å². The molecule has 0 saturated heterocycles. The molecule has 0 aromatic carbocycles. The van der Waals surface area contributed by atoms with Crippen molar-refractivity contribution in [2.45, 2.75) is 6.54 Å². The Morgan fingerprint density at radius 3 is 3.06 bits per heavy atom. The van der Waals surface area contributed by atoms with E-state index in [1.54, 1.807) is 11.3 Å². The third kappa shape index (κ3) is 2.77. The van der Waals surface area contributed by atoms with E-state index in [1.807, 2.05) is 16.8 Å². The molecule has 2 aromatic heterocycles. The van der Waals surface area contributed by atoms with Crippen LogP contribution in [0.4, 0.5) is 0 Å². The first-order valence-corrected chi connectivity index (χ1v) is 5.84. The van der Waals surface area contributed by atoms with Gasteiger partial charge in [-0.15, -0.1) is 0 Å². The molecule has 2 aromatic rings. The van der Waals surface area contributed by atoms with E-state index in [4.69, 9.17) is 11.6 Å². The van der Waals surface area contributed by atoms with Crippen LogP contribution in [0.5, 0.6) is 0 Å². The maximum Gasteiger partial charge on any atom is 0.271 e. The number of carbonyl (C=O) groups excluding carboxylic acids is 1. The summed E-state index contributed by atoms with van der Waals surface area (Å²) in [6.07, 6.45) is 2.77. The van der Waals surface area contributed by atoms with Gasteiger partial charge in [-0.25, -0.2) is 4.98 Å². The zero-order valence-corrected chi connectivity index (χ0v) is 9.76. The Balaban J connectivity index is 1.98. The van der Waals surface area contributed by atoms with Crippen molar-refractivity contribution in [2.75, 3.05) is 0 Å². The number of carbonyl (C=O) groups is 1. The van der Waals surface area contributed by atoms with Gasteiger partial charge in [0.05, 0.1) is 12.4 Å². The number of nitrogens with zero attached hydrogens (tertiary/aromatic N) is 2. The van der Waals surface area contributed by atoms with Gasteiger partial charge in [-0.05, 0) is 22.4 Å². The Morgan fingerprint density at radius 1 is 1.50 bits per heavy atom. The van der Waals surface area contributed by atoms with Gasteiger partial charge in [-0.3, -0.25) is 9.78 Å². The molecule has 82 valence electrons. The summed E-state index contributed by atoms with van der Waals surface area (Å²) in [4.78, 5) is 19.3. The van der Waals surface area contributed by atoms with Crippen molar-refractivity contribution in [2.24, 2.45) is 0 Å². The van der Waals surface area contributed by atoms with Crippen LogP contribution in [0.25, 0.3) is 0 Å². The van der Waals surface area contributed by atoms with Gasteiger partial charge in [0.15, 0.2) is 0 Å². The first-order valence-electron chi connectivity index (χ1n) is 4.52. The standard InChI is InChI=1S/C10H8ClN3OS/c11-9-5-12-4-8(14-9)10(15)13-3-7-1-2-16-6-7/h1-2,4-6H,3H2,(H,13,15). The molecule has 6 heteroatoms. The molecule has 0 atom stereocenters. The van der Waals surface area contributed by atoms with E-state index in [0.717, 1.165) is 5.56 Å². The molecular weight excluding hydrogens is 246 g/mol. The normalized spacial score (nSPS) is 10.1. The van der Waals surface area contributed by atoms with Gasteiger partial charge in [0.2, 0.25) is 0 Å². The smallest absolute Gasteiger partial charge is 0.271 e. The lowest BCUT2D eigenvalue weighted by Gasteiger charge is -2.02. The number of nitrogens with one attached hydrogen (secondary N) is 1. The fourth-order valence-corrected chi connectivity index (χ4v) is 1.93. The largest absolute Gasteiger partial charge is 0.347 e. The van der Waals surface area contributed by atoms with E-state index in [2.05, 4.69) is 15.3 Å². The lowest BCUT2D eigenvalue weighted by Crippen LogP contribution is -2.23. The molecule has 16 heavy (non-hydrogen) atoms. The highest BCUT2D eigenvalue weighted by Crippen LogP contribution is 2.06. The van der Waals surface area contributed by atoms with Crippen molar-refractivity contribution in [3.05, 3.63) is 45.6 Å². The van der Waals surface area contributed by atoms with Gasteiger partial charge in [0.25, 0.3) is 5.91 Å². The SMILES string of the molecule is O=C(NCc1ccsc1)c1cncc(Cl)n1. The minimum absolute atomic E-state index is 0.211. The minimum Gasteiger partial charge on any atom is -0.347 e. The van der Waals surface area contributed by atoms with Gasteiger partial charge in [-0.1, -0.05) is 11.6 Å². The zero-order chi connectivity index (χ0) is 11.4. The molecule has 0 aliphatic heterocycles. The average Bonchev–Trinajstić information content (AvgIpc) is 2.78. The lowest BCUT2D eigenvalue weighted by atomic mass is 10.3. The number of hydrogen-bond acceptors (Lipinski definition) is 4. The summed E-state index contributed by atoms with van der Waals surface area (Å²) in [5.74, 6) is -0.277. The van der Waals surface area contributed by atoms with E-state index in [1.165, 1.54) is 12.4 Å². The summed E-state index contributed by atoms with van der Waals surface area (Å²) in [5, 5.41) is 6.88. The van der Waals surface area contributed by atoms with E-state index >= 15 is 0 Å². The van der Waals surface area contributed by atoms with Crippen molar-refractivity contribution in [1.82, 2.24) is 15.3 Å². The quantitative estimate of drug-likeness (QED) is 0.912. The molecule has 0 unspecified atom stereocenters. The highest BCUT2D eigenvalue weighted by atomic mass is 35.5. The van der Waals surface area contributed by atoms with Crippen LogP contribution in [0.1, 0.15) is 16.1 Å². The molecule has 2 heterocycles. The number of hydrogen-bond donors (Lipinski definition) is 1. The molecule has 0 spiro atoms. The molecule has 0 radical (unpaired) electrons. The molecular formula is C10H8ClN3OS. The van der Waals surface area contributed by atoms with Gasteiger partial charge in [-0.2, -0.15) is 11.3 Å².